The van der Waals surface area contributed by atoms with E-state index in [4.69, 9.17) is 16.6 Å². The van der Waals surface area contributed by atoms with Crippen molar-refractivity contribution in [2.75, 3.05) is 18.4 Å². The Morgan fingerprint density at radius 2 is 2.10 bits per heavy atom. The average molecular weight is 533 g/mol. The number of likely N-dealkylation sites (N-methyl/N-ethyl adjacent to an activating group) is 1. The van der Waals surface area contributed by atoms with E-state index >= 15 is 0 Å². The molecule has 8 heteroatoms. The molecule has 4 nitrogen and oxygen atoms in total. The Hall–Kier alpha value is -1.77. The van der Waals surface area contributed by atoms with Gasteiger partial charge < -0.3 is 5.32 Å². The molecule has 2 aromatic carbocycles. The molecule has 0 bridgehead atoms. The van der Waals surface area contributed by atoms with E-state index < -0.39 is 0 Å². The van der Waals surface area contributed by atoms with Crippen molar-refractivity contribution in [3.63, 3.8) is 0 Å². The van der Waals surface area contributed by atoms with E-state index in [1.807, 2.05) is 24.3 Å². The minimum absolute atomic E-state index is 0.209. The number of thiophene rings is 1. The van der Waals surface area contributed by atoms with Gasteiger partial charge in [-0.3, -0.25) is 9.69 Å². The lowest BCUT2D eigenvalue weighted by Crippen LogP contribution is -2.29. The fraction of sp³-hybridized carbons (Fsp3) is 0.217. The number of para-hydroxylation sites is 1. The summed E-state index contributed by atoms with van der Waals surface area (Å²) in [5.41, 5.74) is 3.81. The molecule has 31 heavy (non-hydrogen) atoms. The van der Waals surface area contributed by atoms with E-state index in [1.54, 1.807) is 34.8 Å². The highest BCUT2D eigenvalue weighted by Gasteiger charge is 2.27. The van der Waals surface area contributed by atoms with Crippen LogP contribution in [0.2, 0.25) is 5.02 Å². The molecule has 0 unspecified atom stereocenters. The number of thiazole rings is 1. The summed E-state index contributed by atoms with van der Waals surface area (Å²) in [6.07, 6.45) is 0.957. The van der Waals surface area contributed by atoms with E-state index in [0.717, 1.165) is 56.3 Å². The summed E-state index contributed by atoms with van der Waals surface area (Å²) in [6, 6.07) is 13.5. The largest absolute Gasteiger partial charge is 0.313 e. The highest BCUT2D eigenvalue weighted by Crippen LogP contribution is 2.46. The maximum absolute atomic E-state index is 13.1. The number of fused-ring (bicyclic) bond motifs is 2. The highest BCUT2D eigenvalue weighted by molar-refractivity contribution is 9.10. The molecule has 2 aromatic heterocycles. The topological polar surface area (TPSA) is 45.2 Å². The van der Waals surface area contributed by atoms with Gasteiger partial charge in [0.2, 0.25) is 0 Å². The van der Waals surface area contributed by atoms with Gasteiger partial charge in [0.25, 0.3) is 5.91 Å². The van der Waals surface area contributed by atoms with Gasteiger partial charge in [-0.05, 0) is 48.9 Å². The molecule has 3 heterocycles. The first-order valence-electron chi connectivity index (χ1n) is 10.0. The SMILES string of the molecule is CCN1CCc2c(sc(NC(=O)c3cc(Br)ccc3Cl)c2-c2nc3ccccc3s2)C1. The maximum atomic E-state index is 13.1. The number of benzene rings is 2. The first-order chi connectivity index (χ1) is 15.0. The van der Waals surface area contributed by atoms with Crippen LogP contribution in [0.1, 0.15) is 27.7 Å². The average Bonchev–Trinajstić information content (AvgIpc) is 3.35. The second-order valence-corrected chi connectivity index (χ2v) is 10.9. The molecular weight excluding hydrogens is 514 g/mol. The van der Waals surface area contributed by atoms with Gasteiger partial charge in [0.05, 0.1) is 20.8 Å². The predicted molar refractivity (Wildman–Crippen MR) is 135 cm³/mol. The third-order valence-corrected chi connectivity index (χ3v) is 8.50. The third-order valence-electron chi connectivity index (χ3n) is 5.49. The molecule has 1 aliphatic rings. The molecule has 0 atom stereocenters. The van der Waals surface area contributed by atoms with Gasteiger partial charge in [0, 0.05) is 28.0 Å². The van der Waals surface area contributed by atoms with Gasteiger partial charge in [-0.15, -0.1) is 22.7 Å². The van der Waals surface area contributed by atoms with Crippen molar-refractivity contribution in [3.05, 3.63) is 68.0 Å². The standard InChI is InChI=1S/C23H19BrClN3OS2/c1-2-28-10-9-14-19(12-28)31-23(27-21(29)15-11-13(24)7-8-16(15)25)20(14)22-26-17-5-3-4-6-18(17)30-22/h3-8,11H,2,9-10,12H2,1H3,(H,27,29). The van der Waals surface area contributed by atoms with Crippen LogP contribution in [-0.4, -0.2) is 28.9 Å². The van der Waals surface area contributed by atoms with E-state index in [-0.39, 0.29) is 5.91 Å². The Morgan fingerprint density at radius 1 is 1.26 bits per heavy atom. The number of halogens is 2. The molecule has 0 aliphatic carbocycles. The lowest BCUT2D eigenvalue weighted by molar-refractivity contribution is 0.102. The second-order valence-electron chi connectivity index (χ2n) is 7.39. The summed E-state index contributed by atoms with van der Waals surface area (Å²) in [5, 5.41) is 5.39. The van der Waals surface area contributed by atoms with Crippen molar-refractivity contribution in [1.29, 1.82) is 0 Å². The quantitative estimate of drug-likeness (QED) is 0.306. The number of anilines is 1. The van der Waals surface area contributed by atoms with Gasteiger partial charge in [-0.1, -0.05) is 46.6 Å². The number of amides is 1. The molecule has 0 radical (unpaired) electrons. The van der Waals surface area contributed by atoms with Crippen LogP contribution in [0.5, 0.6) is 0 Å². The summed E-state index contributed by atoms with van der Waals surface area (Å²) in [7, 11) is 0. The van der Waals surface area contributed by atoms with Crippen molar-refractivity contribution < 1.29 is 4.79 Å². The minimum atomic E-state index is -0.209. The molecule has 1 N–H and O–H groups in total. The maximum Gasteiger partial charge on any atom is 0.257 e. The molecule has 158 valence electrons. The number of aromatic nitrogens is 1. The fourth-order valence-corrected chi connectivity index (χ4v) is 6.82. The van der Waals surface area contributed by atoms with Crippen LogP contribution in [-0.2, 0) is 13.0 Å². The lowest BCUT2D eigenvalue weighted by Gasteiger charge is -2.25. The minimum Gasteiger partial charge on any atom is -0.313 e. The number of hydrogen-bond acceptors (Lipinski definition) is 5. The van der Waals surface area contributed by atoms with Crippen LogP contribution < -0.4 is 5.32 Å². The summed E-state index contributed by atoms with van der Waals surface area (Å²) in [4.78, 5) is 21.8. The van der Waals surface area contributed by atoms with Crippen molar-refractivity contribution in [1.82, 2.24) is 9.88 Å². The number of nitrogens with zero attached hydrogens (tertiary/aromatic N) is 2. The van der Waals surface area contributed by atoms with Gasteiger partial charge in [0.1, 0.15) is 10.0 Å². The number of nitrogens with one attached hydrogen (secondary N) is 1. The smallest absolute Gasteiger partial charge is 0.257 e. The van der Waals surface area contributed by atoms with E-state index in [2.05, 4.69) is 39.1 Å². The zero-order valence-corrected chi connectivity index (χ0v) is 20.7. The zero-order chi connectivity index (χ0) is 21.5. The summed E-state index contributed by atoms with van der Waals surface area (Å²) >= 11 is 13.1. The Balaban J connectivity index is 1.60. The molecule has 4 aromatic rings. The second kappa shape index (κ2) is 8.64. The van der Waals surface area contributed by atoms with Gasteiger partial charge >= 0.3 is 0 Å². The van der Waals surface area contributed by atoms with Gasteiger partial charge in [0.15, 0.2) is 0 Å². The zero-order valence-electron chi connectivity index (χ0n) is 16.7. The van der Waals surface area contributed by atoms with Crippen LogP contribution in [0.3, 0.4) is 0 Å². The molecule has 0 saturated carbocycles. The number of hydrogen-bond donors (Lipinski definition) is 1. The Bertz CT molecular complexity index is 1270. The molecule has 0 saturated heterocycles. The van der Waals surface area contributed by atoms with E-state index in [0.29, 0.717) is 10.6 Å². The van der Waals surface area contributed by atoms with E-state index in [1.165, 1.54) is 10.4 Å². The highest BCUT2D eigenvalue weighted by atomic mass is 79.9. The molecular formula is C23H19BrClN3OS2. The summed E-state index contributed by atoms with van der Waals surface area (Å²) in [6.45, 7) is 5.12. The molecule has 1 aliphatic heterocycles. The summed E-state index contributed by atoms with van der Waals surface area (Å²) in [5.74, 6) is -0.209. The van der Waals surface area contributed by atoms with Gasteiger partial charge in [-0.2, -0.15) is 0 Å². The fourth-order valence-electron chi connectivity index (χ4n) is 3.86. The Labute approximate surface area is 202 Å². The summed E-state index contributed by atoms with van der Waals surface area (Å²) < 4.78 is 1.97. The molecule has 5 rings (SSSR count). The van der Waals surface area contributed by atoms with Crippen LogP contribution in [0.4, 0.5) is 5.00 Å². The van der Waals surface area contributed by atoms with Crippen LogP contribution in [0.25, 0.3) is 20.8 Å². The lowest BCUT2D eigenvalue weighted by atomic mass is 10.0. The van der Waals surface area contributed by atoms with Crippen LogP contribution in [0.15, 0.2) is 46.9 Å². The van der Waals surface area contributed by atoms with Crippen LogP contribution >= 0.6 is 50.2 Å². The number of carbonyl (C=O) groups excluding carboxylic acids is 1. The number of carbonyl (C=O) groups is 1. The normalized spacial score (nSPS) is 14.0. The van der Waals surface area contributed by atoms with Crippen molar-refractivity contribution in [3.8, 4) is 10.6 Å². The van der Waals surface area contributed by atoms with Crippen molar-refractivity contribution in [2.24, 2.45) is 0 Å². The Morgan fingerprint density at radius 3 is 2.90 bits per heavy atom. The molecule has 0 spiro atoms. The Kier molecular flexibility index (Phi) is 5.88. The first-order valence-corrected chi connectivity index (χ1v) is 12.8. The van der Waals surface area contributed by atoms with E-state index in [9.17, 15) is 4.79 Å². The van der Waals surface area contributed by atoms with Gasteiger partial charge in [-0.25, -0.2) is 4.98 Å². The van der Waals surface area contributed by atoms with Crippen molar-refractivity contribution in [2.45, 2.75) is 19.9 Å². The number of rotatable bonds is 4. The van der Waals surface area contributed by atoms with Crippen LogP contribution in [0, 0.1) is 0 Å². The monoisotopic (exact) mass is 531 g/mol. The predicted octanol–water partition coefficient (Wildman–Crippen LogP) is 7.07. The van der Waals surface area contributed by atoms with Crippen molar-refractivity contribution >= 4 is 71.3 Å². The molecule has 0 fully saturated rings. The first kappa shape index (κ1) is 21.1. The molecule has 1 amide bonds. The third kappa shape index (κ3) is 4.05.